The lowest BCUT2D eigenvalue weighted by Crippen LogP contribution is -2.44. The van der Waals surface area contributed by atoms with Gasteiger partial charge in [-0.15, -0.1) is 0 Å². The molecule has 0 bridgehead atoms. The van der Waals surface area contributed by atoms with Gasteiger partial charge in [-0.1, -0.05) is 24.3 Å². The maximum absolute atomic E-state index is 11.6. The third kappa shape index (κ3) is 2.65. The summed E-state index contributed by atoms with van der Waals surface area (Å²) >= 11 is 0. The summed E-state index contributed by atoms with van der Waals surface area (Å²) in [7, 11) is 0. The Labute approximate surface area is 101 Å². The van der Waals surface area contributed by atoms with E-state index < -0.39 is 11.6 Å². The van der Waals surface area contributed by atoms with Gasteiger partial charge in [0.2, 0.25) is 5.91 Å². The molecule has 1 aliphatic carbocycles. The van der Waals surface area contributed by atoms with Crippen LogP contribution < -0.4 is 11.1 Å². The van der Waals surface area contributed by atoms with E-state index in [4.69, 9.17) is 5.73 Å². The van der Waals surface area contributed by atoms with Crippen molar-refractivity contribution in [3.8, 4) is 0 Å². The van der Waals surface area contributed by atoms with Crippen LogP contribution in [0.5, 0.6) is 0 Å². The molecule has 1 unspecified atom stereocenters. The molecule has 4 nitrogen and oxygen atoms in total. The second-order valence-corrected chi connectivity index (χ2v) is 4.74. The Balaban J connectivity index is 1.91. The van der Waals surface area contributed by atoms with Gasteiger partial charge in [-0.2, -0.15) is 0 Å². The Morgan fingerprint density at radius 3 is 2.76 bits per heavy atom. The third-order valence-corrected chi connectivity index (χ3v) is 3.24. The number of carbonyl (C=O) groups excluding carboxylic acids is 1. The summed E-state index contributed by atoms with van der Waals surface area (Å²) < 4.78 is 0. The Morgan fingerprint density at radius 1 is 1.53 bits per heavy atom. The standard InChI is InChI=1S/C13H18N2O2/c1-9-4-2-3-5-10(9)11(16)8-15-12(17)13(14)6-7-13/h2-5,11,16H,6-8,14H2,1H3,(H,15,17). The van der Waals surface area contributed by atoms with Gasteiger partial charge in [0.05, 0.1) is 11.6 Å². The van der Waals surface area contributed by atoms with E-state index in [2.05, 4.69) is 5.32 Å². The number of aliphatic hydroxyl groups is 1. The first kappa shape index (κ1) is 12.1. The normalized spacial score (nSPS) is 18.5. The first-order valence-corrected chi connectivity index (χ1v) is 5.84. The first-order valence-electron chi connectivity index (χ1n) is 5.84. The van der Waals surface area contributed by atoms with Crippen LogP contribution in [-0.2, 0) is 4.79 Å². The van der Waals surface area contributed by atoms with Gasteiger partial charge in [0.15, 0.2) is 0 Å². The van der Waals surface area contributed by atoms with Crippen molar-refractivity contribution in [1.82, 2.24) is 5.32 Å². The average molecular weight is 234 g/mol. The van der Waals surface area contributed by atoms with Crippen LogP contribution in [-0.4, -0.2) is 23.1 Å². The van der Waals surface area contributed by atoms with Gasteiger partial charge >= 0.3 is 0 Å². The molecule has 0 aromatic heterocycles. The summed E-state index contributed by atoms with van der Waals surface area (Å²) in [6.45, 7) is 2.15. The SMILES string of the molecule is Cc1ccccc1C(O)CNC(=O)C1(N)CC1. The van der Waals surface area contributed by atoms with Gasteiger partial charge in [0.25, 0.3) is 0 Å². The van der Waals surface area contributed by atoms with Gasteiger partial charge in [0.1, 0.15) is 0 Å². The molecular formula is C13H18N2O2. The number of amides is 1. The van der Waals surface area contributed by atoms with E-state index in [0.29, 0.717) is 0 Å². The minimum atomic E-state index is -0.678. The summed E-state index contributed by atoms with van der Waals surface area (Å²) in [4.78, 5) is 11.6. The molecule has 0 spiro atoms. The molecule has 1 atom stereocenters. The summed E-state index contributed by atoms with van der Waals surface area (Å²) in [5, 5.41) is 12.7. The Morgan fingerprint density at radius 2 is 2.18 bits per heavy atom. The second-order valence-electron chi connectivity index (χ2n) is 4.74. The van der Waals surface area contributed by atoms with Crippen molar-refractivity contribution < 1.29 is 9.90 Å². The molecule has 4 N–H and O–H groups in total. The zero-order valence-electron chi connectivity index (χ0n) is 9.94. The molecule has 1 aromatic carbocycles. The molecule has 0 aliphatic heterocycles. The minimum Gasteiger partial charge on any atom is -0.387 e. The highest BCUT2D eigenvalue weighted by Crippen LogP contribution is 2.32. The topological polar surface area (TPSA) is 75.3 Å². The predicted molar refractivity (Wildman–Crippen MR) is 65.3 cm³/mol. The Kier molecular flexibility index (Phi) is 3.17. The van der Waals surface area contributed by atoms with Crippen LogP contribution >= 0.6 is 0 Å². The summed E-state index contributed by atoms with van der Waals surface area (Å²) in [6.07, 6.45) is 0.793. The van der Waals surface area contributed by atoms with Gasteiger partial charge in [-0.05, 0) is 30.9 Å². The zero-order chi connectivity index (χ0) is 12.5. The number of aryl methyl sites for hydroxylation is 1. The third-order valence-electron chi connectivity index (χ3n) is 3.24. The first-order chi connectivity index (χ1) is 8.03. The summed E-state index contributed by atoms with van der Waals surface area (Å²) in [5.41, 5.74) is 6.94. The van der Waals surface area contributed by atoms with E-state index >= 15 is 0 Å². The van der Waals surface area contributed by atoms with Crippen LogP contribution in [0.3, 0.4) is 0 Å². The molecule has 4 heteroatoms. The quantitative estimate of drug-likeness (QED) is 0.715. The lowest BCUT2D eigenvalue weighted by molar-refractivity contribution is -0.123. The fourth-order valence-electron chi connectivity index (χ4n) is 1.80. The Hall–Kier alpha value is -1.39. The number of hydrogen-bond donors (Lipinski definition) is 3. The van der Waals surface area contributed by atoms with Crippen molar-refractivity contribution in [2.75, 3.05) is 6.54 Å². The lowest BCUT2D eigenvalue weighted by atomic mass is 10.0. The van der Waals surface area contributed by atoms with Crippen molar-refractivity contribution >= 4 is 5.91 Å². The maximum Gasteiger partial charge on any atom is 0.240 e. The van der Waals surface area contributed by atoms with E-state index in [0.717, 1.165) is 24.0 Å². The van der Waals surface area contributed by atoms with Crippen LogP contribution in [0.25, 0.3) is 0 Å². The van der Waals surface area contributed by atoms with Crippen molar-refractivity contribution in [3.05, 3.63) is 35.4 Å². The van der Waals surface area contributed by atoms with E-state index in [-0.39, 0.29) is 12.5 Å². The molecule has 0 radical (unpaired) electrons. The summed E-state index contributed by atoms with van der Waals surface area (Å²) in [5.74, 6) is -0.162. The van der Waals surface area contributed by atoms with Gasteiger partial charge in [0, 0.05) is 6.54 Å². The number of carbonyl (C=O) groups is 1. The molecule has 1 aromatic rings. The number of rotatable bonds is 4. The Bertz CT molecular complexity index is 427. The largest absolute Gasteiger partial charge is 0.387 e. The smallest absolute Gasteiger partial charge is 0.240 e. The van der Waals surface area contributed by atoms with Gasteiger partial charge in [-0.25, -0.2) is 0 Å². The molecule has 1 fully saturated rings. The number of benzene rings is 1. The minimum absolute atomic E-state index is 0.162. The molecule has 92 valence electrons. The van der Waals surface area contributed by atoms with Crippen LogP contribution in [0.1, 0.15) is 30.1 Å². The predicted octanol–water partition coefficient (Wildman–Crippen LogP) is 0.636. The second kappa shape index (κ2) is 4.47. The highest BCUT2D eigenvalue weighted by molar-refractivity contribution is 5.88. The van der Waals surface area contributed by atoms with Crippen molar-refractivity contribution in [1.29, 1.82) is 0 Å². The van der Waals surface area contributed by atoms with Crippen LogP contribution in [0.15, 0.2) is 24.3 Å². The fraction of sp³-hybridized carbons (Fsp3) is 0.462. The monoisotopic (exact) mass is 234 g/mol. The van der Waals surface area contributed by atoms with Gasteiger partial charge in [-0.3, -0.25) is 4.79 Å². The van der Waals surface area contributed by atoms with Crippen LogP contribution in [0.2, 0.25) is 0 Å². The lowest BCUT2D eigenvalue weighted by Gasteiger charge is -2.16. The molecule has 1 amide bonds. The number of nitrogens with one attached hydrogen (secondary N) is 1. The zero-order valence-corrected chi connectivity index (χ0v) is 9.94. The van der Waals surface area contributed by atoms with Crippen LogP contribution in [0, 0.1) is 6.92 Å². The van der Waals surface area contributed by atoms with Crippen LogP contribution in [0.4, 0.5) is 0 Å². The van der Waals surface area contributed by atoms with Gasteiger partial charge < -0.3 is 16.2 Å². The molecule has 1 aliphatic rings. The molecule has 2 rings (SSSR count). The summed E-state index contributed by atoms with van der Waals surface area (Å²) in [6, 6.07) is 7.59. The average Bonchev–Trinajstić information content (AvgIpc) is 3.06. The van der Waals surface area contributed by atoms with Crippen molar-refractivity contribution in [3.63, 3.8) is 0 Å². The van der Waals surface area contributed by atoms with E-state index in [1.807, 2.05) is 31.2 Å². The van der Waals surface area contributed by atoms with E-state index in [1.54, 1.807) is 0 Å². The highest BCUT2D eigenvalue weighted by Gasteiger charge is 2.45. The van der Waals surface area contributed by atoms with Crippen molar-refractivity contribution in [2.24, 2.45) is 5.73 Å². The molecule has 0 heterocycles. The molecule has 17 heavy (non-hydrogen) atoms. The highest BCUT2D eigenvalue weighted by atomic mass is 16.3. The molecule has 0 saturated heterocycles. The molecule has 1 saturated carbocycles. The van der Waals surface area contributed by atoms with E-state index in [1.165, 1.54) is 0 Å². The molecular weight excluding hydrogens is 216 g/mol. The number of nitrogens with two attached hydrogens (primary N) is 1. The van der Waals surface area contributed by atoms with E-state index in [9.17, 15) is 9.90 Å². The number of hydrogen-bond acceptors (Lipinski definition) is 3. The number of aliphatic hydroxyl groups excluding tert-OH is 1. The maximum atomic E-state index is 11.6. The fourth-order valence-corrected chi connectivity index (χ4v) is 1.80. The van der Waals surface area contributed by atoms with Crippen molar-refractivity contribution in [2.45, 2.75) is 31.4 Å².